The number of urea groups is 1. The minimum Gasteiger partial charge on any atom is -0.494 e. The Balaban J connectivity index is 1.52. The SMILES string of the molecule is CCCCN(CC(=O)Nc1cc(-c2ccccc2)nn1-c1ccc(Cl)cc1)C(=O)Nc1ccc(OCC)cc1. The first-order valence-corrected chi connectivity index (χ1v) is 13.3. The van der Waals surface area contributed by atoms with Crippen LogP contribution in [0, 0.1) is 0 Å². The molecule has 1 aromatic heterocycles. The highest BCUT2D eigenvalue weighted by atomic mass is 35.5. The van der Waals surface area contributed by atoms with Crippen molar-refractivity contribution in [2.45, 2.75) is 26.7 Å². The van der Waals surface area contributed by atoms with Gasteiger partial charge in [0.2, 0.25) is 5.91 Å². The van der Waals surface area contributed by atoms with Crippen molar-refractivity contribution in [3.63, 3.8) is 0 Å². The summed E-state index contributed by atoms with van der Waals surface area (Å²) in [6, 6.07) is 25.5. The molecular weight excluding hydrogens is 514 g/mol. The number of hydrogen-bond donors (Lipinski definition) is 2. The van der Waals surface area contributed by atoms with Gasteiger partial charge >= 0.3 is 6.03 Å². The van der Waals surface area contributed by atoms with E-state index in [1.807, 2.05) is 62.4 Å². The molecule has 0 saturated heterocycles. The van der Waals surface area contributed by atoms with Crippen LogP contribution in [-0.2, 0) is 4.79 Å². The summed E-state index contributed by atoms with van der Waals surface area (Å²) in [5.74, 6) is 0.885. The zero-order valence-corrected chi connectivity index (χ0v) is 22.8. The number of halogens is 1. The van der Waals surface area contributed by atoms with Crippen LogP contribution >= 0.6 is 11.6 Å². The van der Waals surface area contributed by atoms with E-state index < -0.39 is 0 Å². The predicted molar refractivity (Wildman–Crippen MR) is 156 cm³/mol. The predicted octanol–water partition coefficient (Wildman–Crippen LogP) is 6.86. The van der Waals surface area contributed by atoms with Crippen molar-refractivity contribution in [3.8, 4) is 22.7 Å². The fourth-order valence-corrected chi connectivity index (χ4v) is 4.09. The molecule has 4 rings (SSSR count). The molecule has 0 bridgehead atoms. The van der Waals surface area contributed by atoms with Crippen molar-refractivity contribution >= 4 is 35.0 Å². The fraction of sp³-hybridized carbons (Fsp3) is 0.233. The van der Waals surface area contributed by atoms with Crippen LogP contribution in [0.4, 0.5) is 16.3 Å². The minimum absolute atomic E-state index is 0.116. The van der Waals surface area contributed by atoms with Crippen LogP contribution in [0.25, 0.3) is 16.9 Å². The largest absolute Gasteiger partial charge is 0.494 e. The van der Waals surface area contributed by atoms with E-state index in [9.17, 15) is 9.59 Å². The lowest BCUT2D eigenvalue weighted by Gasteiger charge is -2.22. The molecule has 202 valence electrons. The molecule has 0 unspecified atom stereocenters. The summed E-state index contributed by atoms with van der Waals surface area (Å²) in [5, 5.41) is 11.2. The monoisotopic (exact) mass is 545 g/mol. The van der Waals surface area contributed by atoms with Crippen LogP contribution in [0.15, 0.2) is 84.9 Å². The highest BCUT2D eigenvalue weighted by Gasteiger charge is 2.20. The highest BCUT2D eigenvalue weighted by Crippen LogP contribution is 2.25. The molecule has 0 atom stereocenters. The first kappa shape index (κ1) is 27.7. The van der Waals surface area contributed by atoms with Crippen molar-refractivity contribution in [2.75, 3.05) is 30.3 Å². The van der Waals surface area contributed by atoms with Gasteiger partial charge in [0, 0.05) is 28.9 Å². The average Bonchev–Trinajstić information content (AvgIpc) is 3.36. The number of nitrogens with one attached hydrogen (secondary N) is 2. The molecule has 0 spiro atoms. The number of carbonyl (C=O) groups is 2. The first-order valence-electron chi connectivity index (χ1n) is 13.0. The summed E-state index contributed by atoms with van der Waals surface area (Å²) in [7, 11) is 0. The molecule has 4 aromatic rings. The number of carbonyl (C=O) groups excluding carboxylic acids is 2. The van der Waals surface area contributed by atoms with Gasteiger partial charge in [-0.1, -0.05) is 55.3 Å². The summed E-state index contributed by atoms with van der Waals surface area (Å²) in [4.78, 5) is 27.8. The van der Waals surface area contributed by atoms with Crippen LogP contribution in [0.5, 0.6) is 5.75 Å². The molecule has 0 aliphatic rings. The van der Waals surface area contributed by atoms with E-state index >= 15 is 0 Å². The first-order chi connectivity index (χ1) is 19.0. The third kappa shape index (κ3) is 7.61. The lowest BCUT2D eigenvalue weighted by Crippen LogP contribution is -2.41. The summed E-state index contributed by atoms with van der Waals surface area (Å²) in [6.07, 6.45) is 1.66. The number of rotatable bonds is 11. The Morgan fingerprint density at radius 2 is 1.67 bits per heavy atom. The van der Waals surface area contributed by atoms with Gasteiger partial charge in [-0.15, -0.1) is 0 Å². The van der Waals surface area contributed by atoms with E-state index in [0.717, 1.165) is 29.8 Å². The van der Waals surface area contributed by atoms with E-state index in [1.54, 1.807) is 41.1 Å². The van der Waals surface area contributed by atoms with Crippen molar-refractivity contribution in [1.82, 2.24) is 14.7 Å². The van der Waals surface area contributed by atoms with Crippen molar-refractivity contribution in [1.29, 1.82) is 0 Å². The topological polar surface area (TPSA) is 88.5 Å². The molecule has 0 aliphatic carbocycles. The Morgan fingerprint density at radius 1 is 0.949 bits per heavy atom. The fourth-order valence-electron chi connectivity index (χ4n) is 3.96. The molecule has 0 saturated carbocycles. The zero-order valence-electron chi connectivity index (χ0n) is 22.1. The van der Waals surface area contributed by atoms with Crippen molar-refractivity contribution in [3.05, 3.63) is 90.0 Å². The van der Waals surface area contributed by atoms with Gasteiger partial charge in [-0.05, 0) is 61.9 Å². The highest BCUT2D eigenvalue weighted by molar-refractivity contribution is 6.30. The second-order valence-electron chi connectivity index (χ2n) is 8.88. The zero-order chi connectivity index (χ0) is 27.6. The molecule has 0 radical (unpaired) electrons. The minimum atomic E-state index is -0.348. The van der Waals surface area contributed by atoms with Crippen LogP contribution in [0.2, 0.25) is 5.02 Å². The van der Waals surface area contributed by atoms with Crippen molar-refractivity contribution < 1.29 is 14.3 Å². The Kier molecular flexibility index (Phi) is 9.58. The summed E-state index contributed by atoms with van der Waals surface area (Å²) < 4.78 is 7.12. The number of amides is 3. The Hall–Kier alpha value is -4.30. The number of aromatic nitrogens is 2. The Morgan fingerprint density at radius 3 is 2.33 bits per heavy atom. The third-order valence-electron chi connectivity index (χ3n) is 5.94. The van der Waals surface area contributed by atoms with E-state index in [1.165, 1.54) is 4.90 Å². The van der Waals surface area contributed by atoms with E-state index in [4.69, 9.17) is 21.4 Å². The number of ether oxygens (including phenoxy) is 1. The van der Waals surface area contributed by atoms with Gasteiger partial charge in [0.1, 0.15) is 18.1 Å². The molecule has 3 aromatic carbocycles. The molecule has 3 amide bonds. The maximum Gasteiger partial charge on any atom is 0.322 e. The molecule has 39 heavy (non-hydrogen) atoms. The Bertz CT molecular complexity index is 1370. The maximum absolute atomic E-state index is 13.2. The molecule has 0 fully saturated rings. The van der Waals surface area contributed by atoms with Gasteiger partial charge in [0.15, 0.2) is 0 Å². The van der Waals surface area contributed by atoms with E-state index in [0.29, 0.717) is 35.4 Å². The van der Waals surface area contributed by atoms with Gasteiger partial charge in [-0.3, -0.25) is 4.79 Å². The molecule has 8 nitrogen and oxygen atoms in total. The second-order valence-corrected chi connectivity index (χ2v) is 9.32. The van der Waals surface area contributed by atoms with E-state index in [-0.39, 0.29) is 18.5 Å². The quantitative estimate of drug-likeness (QED) is 0.215. The number of anilines is 2. The number of nitrogens with zero attached hydrogens (tertiary/aromatic N) is 3. The third-order valence-corrected chi connectivity index (χ3v) is 6.19. The van der Waals surface area contributed by atoms with Crippen molar-refractivity contribution in [2.24, 2.45) is 0 Å². The normalized spacial score (nSPS) is 10.6. The smallest absolute Gasteiger partial charge is 0.322 e. The molecule has 2 N–H and O–H groups in total. The van der Waals surface area contributed by atoms with Crippen LogP contribution in [0.3, 0.4) is 0 Å². The second kappa shape index (κ2) is 13.5. The lowest BCUT2D eigenvalue weighted by atomic mass is 10.1. The summed E-state index contributed by atoms with van der Waals surface area (Å²) in [6.45, 7) is 4.85. The van der Waals surface area contributed by atoms with Crippen LogP contribution in [-0.4, -0.2) is 46.3 Å². The van der Waals surface area contributed by atoms with Gasteiger partial charge in [0.25, 0.3) is 0 Å². The maximum atomic E-state index is 13.2. The molecule has 1 heterocycles. The molecule has 0 aliphatic heterocycles. The summed E-state index contributed by atoms with van der Waals surface area (Å²) >= 11 is 6.08. The molecular formula is C30H32ClN5O3. The standard InChI is InChI=1S/C30H32ClN5O3/c1-3-5-19-35(30(38)32-24-13-17-26(18-14-24)39-4-2)21-29(37)33-28-20-27(22-9-7-6-8-10-22)34-36(28)25-15-11-23(31)12-16-25/h6-18,20H,3-5,19,21H2,1-2H3,(H,32,38)(H,33,37). The lowest BCUT2D eigenvalue weighted by molar-refractivity contribution is -0.116. The van der Waals surface area contributed by atoms with Crippen LogP contribution in [0.1, 0.15) is 26.7 Å². The Labute approximate surface area is 233 Å². The van der Waals surface area contributed by atoms with Crippen LogP contribution < -0.4 is 15.4 Å². The van der Waals surface area contributed by atoms with E-state index in [2.05, 4.69) is 10.6 Å². The van der Waals surface area contributed by atoms with Gasteiger partial charge in [0.05, 0.1) is 18.0 Å². The number of unbranched alkanes of at least 4 members (excludes halogenated alkanes) is 1. The molecule has 9 heteroatoms. The number of hydrogen-bond acceptors (Lipinski definition) is 4. The number of benzene rings is 3. The van der Waals surface area contributed by atoms with Gasteiger partial charge < -0.3 is 20.3 Å². The summed E-state index contributed by atoms with van der Waals surface area (Å²) in [5.41, 5.74) is 2.99. The van der Waals surface area contributed by atoms with Gasteiger partial charge in [-0.2, -0.15) is 5.10 Å². The average molecular weight is 546 g/mol. The van der Waals surface area contributed by atoms with Gasteiger partial charge in [-0.25, -0.2) is 9.48 Å².